The van der Waals surface area contributed by atoms with Crippen LogP contribution >= 0.6 is 0 Å². The molecule has 71 valence electrons. The van der Waals surface area contributed by atoms with Crippen LogP contribution < -0.4 is 0 Å². The average Bonchev–Trinajstić information content (AvgIpc) is 2.27. The van der Waals surface area contributed by atoms with Crippen LogP contribution in [0.3, 0.4) is 0 Å². The first-order chi connectivity index (χ1) is 6.83. The molecule has 0 amide bonds. The van der Waals surface area contributed by atoms with Crippen LogP contribution in [0.4, 0.5) is 0 Å². The monoisotopic (exact) mass is 273 g/mol. The van der Waals surface area contributed by atoms with Gasteiger partial charge in [-0.3, -0.25) is 4.89 Å². The summed E-state index contributed by atoms with van der Waals surface area (Å²) < 4.78 is 0. The van der Waals surface area contributed by atoms with E-state index in [0.717, 1.165) is 10.8 Å². The van der Waals surface area contributed by atoms with Gasteiger partial charge in [0, 0.05) is 58.2 Å². The first kappa shape index (κ1) is 13.0. The standard InChI is InChI=1S/C11H8O3.Rb/c12-11(14-13)10-7-3-5-8-4-1-2-6-9(8)10;/h1-7,13H;. The van der Waals surface area contributed by atoms with E-state index in [9.17, 15) is 4.79 Å². The SMILES string of the molecule is O=C(OO)c1cccc2ccccc12.[Rb]. The molecule has 0 bridgehead atoms. The van der Waals surface area contributed by atoms with Gasteiger partial charge in [-0.2, -0.15) is 5.26 Å². The summed E-state index contributed by atoms with van der Waals surface area (Å²) >= 11 is 0. The molecule has 0 atom stereocenters. The smallest absolute Gasteiger partial charge is 0.295 e. The van der Waals surface area contributed by atoms with Crippen LogP contribution in [0.1, 0.15) is 10.4 Å². The second kappa shape index (κ2) is 5.87. The van der Waals surface area contributed by atoms with Crippen molar-refractivity contribution >= 4 is 74.9 Å². The first-order valence-corrected chi connectivity index (χ1v) is 4.16. The molecule has 2 aromatic rings. The number of benzene rings is 2. The summed E-state index contributed by atoms with van der Waals surface area (Å²) in [5.41, 5.74) is 0.366. The second-order valence-corrected chi connectivity index (χ2v) is 2.91. The Balaban J connectivity index is 0.00000112. The van der Waals surface area contributed by atoms with E-state index in [1.165, 1.54) is 0 Å². The Hall–Kier alpha value is -0.0648. The summed E-state index contributed by atoms with van der Waals surface area (Å²) in [6, 6.07) is 12.7. The van der Waals surface area contributed by atoms with Gasteiger partial charge in [-0.15, -0.1) is 0 Å². The van der Waals surface area contributed by atoms with Crippen LogP contribution in [0.25, 0.3) is 10.8 Å². The molecule has 3 nitrogen and oxygen atoms in total. The topological polar surface area (TPSA) is 46.5 Å². The van der Waals surface area contributed by atoms with E-state index in [4.69, 9.17) is 5.26 Å². The van der Waals surface area contributed by atoms with Crippen molar-refractivity contribution in [2.24, 2.45) is 0 Å². The van der Waals surface area contributed by atoms with Crippen LogP contribution in [-0.4, -0.2) is 69.4 Å². The van der Waals surface area contributed by atoms with Crippen molar-refractivity contribution in [1.29, 1.82) is 0 Å². The van der Waals surface area contributed by atoms with Crippen LogP contribution in [0.15, 0.2) is 42.5 Å². The van der Waals surface area contributed by atoms with Gasteiger partial charge in [0.15, 0.2) is 0 Å². The Kier molecular flexibility index (Phi) is 5.09. The maximum Gasteiger partial charge on any atom is 0.373 e. The van der Waals surface area contributed by atoms with E-state index >= 15 is 0 Å². The zero-order valence-corrected chi connectivity index (χ0v) is 13.2. The Bertz CT molecular complexity index is 477. The maximum absolute atomic E-state index is 11.2. The van der Waals surface area contributed by atoms with Crippen molar-refractivity contribution in [2.75, 3.05) is 0 Å². The molecule has 1 radical (unpaired) electrons. The number of carbonyl (C=O) groups excluding carboxylic acids is 1. The Morgan fingerprint density at radius 1 is 1.07 bits per heavy atom. The number of fused-ring (bicyclic) bond motifs is 1. The van der Waals surface area contributed by atoms with E-state index < -0.39 is 5.97 Å². The minimum Gasteiger partial charge on any atom is -0.295 e. The predicted octanol–water partition coefficient (Wildman–Crippen LogP) is 2.09. The van der Waals surface area contributed by atoms with E-state index in [1.807, 2.05) is 30.3 Å². The third-order valence-corrected chi connectivity index (χ3v) is 2.09. The summed E-state index contributed by atoms with van der Waals surface area (Å²) in [6.07, 6.45) is 0. The van der Waals surface area contributed by atoms with E-state index in [0.29, 0.717) is 5.56 Å². The number of hydrogen-bond acceptors (Lipinski definition) is 3. The predicted molar refractivity (Wildman–Crippen MR) is 57.7 cm³/mol. The van der Waals surface area contributed by atoms with Crippen LogP contribution in [-0.2, 0) is 4.89 Å². The molecule has 1 N–H and O–H groups in total. The van der Waals surface area contributed by atoms with Crippen molar-refractivity contribution in [2.45, 2.75) is 0 Å². The van der Waals surface area contributed by atoms with Crippen molar-refractivity contribution in [3.05, 3.63) is 48.0 Å². The molecule has 0 aromatic heterocycles. The number of hydrogen-bond donors (Lipinski definition) is 1. The molecule has 0 aliphatic heterocycles. The molecule has 0 unspecified atom stereocenters. The van der Waals surface area contributed by atoms with Gasteiger partial charge >= 0.3 is 5.97 Å². The average molecular weight is 274 g/mol. The largest absolute Gasteiger partial charge is 0.373 e. The van der Waals surface area contributed by atoms with Gasteiger partial charge in [0.25, 0.3) is 0 Å². The Labute approximate surface area is 136 Å². The van der Waals surface area contributed by atoms with Gasteiger partial charge in [0.2, 0.25) is 0 Å². The van der Waals surface area contributed by atoms with E-state index in [2.05, 4.69) is 4.89 Å². The summed E-state index contributed by atoms with van der Waals surface area (Å²) in [5.74, 6) is -0.734. The molecular weight excluding hydrogens is 266 g/mol. The fraction of sp³-hybridized carbons (Fsp3) is 0. The molecule has 0 heterocycles. The van der Waals surface area contributed by atoms with E-state index in [1.54, 1.807) is 12.1 Å². The van der Waals surface area contributed by atoms with Crippen LogP contribution in [0.2, 0.25) is 0 Å². The molecule has 2 rings (SSSR count). The van der Waals surface area contributed by atoms with E-state index in [-0.39, 0.29) is 58.2 Å². The fourth-order valence-electron chi connectivity index (χ4n) is 1.45. The summed E-state index contributed by atoms with van der Waals surface area (Å²) in [5, 5.41) is 10.0. The Morgan fingerprint density at radius 3 is 2.47 bits per heavy atom. The van der Waals surface area contributed by atoms with Gasteiger partial charge in [-0.1, -0.05) is 36.4 Å². The minimum atomic E-state index is -0.734. The van der Waals surface area contributed by atoms with Crippen molar-refractivity contribution in [1.82, 2.24) is 0 Å². The van der Waals surface area contributed by atoms with Gasteiger partial charge in [-0.05, 0) is 16.8 Å². The third-order valence-electron chi connectivity index (χ3n) is 2.09. The molecule has 0 saturated carbocycles. The summed E-state index contributed by atoms with van der Waals surface area (Å²) in [6.45, 7) is 0. The molecule has 0 saturated heterocycles. The molecule has 0 spiro atoms. The van der Waals surface area contributed by atoms with Crippen LogP contribution in [0.5, 0.6) is 0 Å². The fourth-order valence-corrected chi connectivity index (χ4v) is 1.45. The first-order valence-electron chi connectivity index (χ1n) is 4.16. The van der Waals surface area contributed by atoms with Gasteiger partial charge < -0.3 is 0 Å². The zero-order valence-electron chi connectivity index (χ0n) is 8.31. The normalized spacial score (nSPS) is 9.40. The maximum atomic E-state index is 11.2. The summed E-state index contributed by atoms with van der Waals surface area (Å²) in [4.78, 5) is 14.9. The summed E-state index contributed by atoms with van der Waals surface area (Å²) in [7, 11) is 0. The van der Waals surface area contributed by atoms with Gasteiger partial charge in [0.1, 0.15) is 0 Å². The molecule has 4 heteroatoms. The third kappa shape index (κ3) is 2.74. The zero-order chi connectivity index (χ0) is 9.97. The molecule has 0 fully saturated rings. The quantitative estimate of drug-likeness (QED) is 0.639. The molecule has 2 aromatic carbocycles. The number of rotatable bonds is 1. The number of carbonyl (C=O) groups is 1. The molecule has 0 aliphatic carbocycles. The van der Waals surface area contributed by atoms with Gasteiger partial charge in [0.05, 0.1) is 5.56 Å². The van der Waals surface area contributed by atoms with Crippen molar-refractivity contribution in [3.8, 4) is 0 Å². The Morgan fingerprint density at radius 2 is 1.73 bits per heavy atom. The van der Waals surface area contributed by atoms with Gasteiger partial charge in [-0.25, -0.2) is 4.79 Å². The van der Waals surface area contributed by atoms with Crippen molar-refractivity contribution in [3.63, 3.8) is 0 Å². The van der Waals surface area contributed by atoms with Crippen molar-refractivity contribution < 1.29 is 14.9 Å². The van der Waals surface area contributed by atoms with Crippen LogP contribution in [0, 0.1) is 0 Å². The molecular formula is C11H8O3Rb. The molecule has 15 heavy (non-hydrogen) atoms. The second-order valence-electron chi connectivity index (χ2n) is 2.91. The molecule has 0 aliphatic rings. The minimum absolute atomic E-state index is 0.